The van der Waals surface area contributed by atoms with Crippen molar-refractivity contribution in [3.05, 3.63) is 52.0 Å². The summed E-state index contributed by atoms with van der Waals surface area (Å²) in [5.74, 6) is 0.608. The summed E-state index contributed by atoms with van der Waals surface area (Å²) in [5, 5.41) is 5.89. The van der Waals surface area contributed by atoms with Gasteiger partial charge in [-0.1, -0.05) is 18.2 Å². The zero-order valence-electron chi connectivity index (χ0n) is 14.2. The summed E-state index contributed by atoms with van der Waals surface area (Å²) in [6.45, 7) is 3.74. The zero-order valence-corrected chi connectivity index (χ0v) is 15.1. The highest BCUT2D eigenvalue weighted by molar-refractivity contribution is 7.09. The monoisotopic (exact) mass is 358 g/mol. The smallest absolute Gasteiger partial charge is 0.244 e. The van der Waals surface area contributed by atoms with Crippen LogP contribution < -0.4 is 10.1 Å². The van der Waals surface area contributed by atoms with Gasteiger partial charge in [0, 0.05) is 30.2 Å². The molecule has 1 N–H and O–H groups in total. The van der Waals surface area contributed by atoms with Gasteiger partial charge in [-0.3, -0.25) is 4.79 Å². The van der Waals surface area contributed by atoms with Crippen molar-refractivity contribution in [3.63, 3.8) is 0 Å². The molecule has 1 aliphatic heterocycles. The number of nitrogens with zero attached hydrogens (tertiary/aromatic N) is 1. The molecule has 1 aromatic heterocycles. The van der Waals surface area contributed by atoms with Gasteiger partial charge in [0.25, 0.3) is 0 Å². The number of hydrogen-bond donors (Lipinski definition) is 1. The third-order valence-corrected chi connectivity index (χ3v) is 4.73. The van der Waals surface area contributed by atoms with Crippen molar-refractivity contribution in [2.75, 3.05) is 13.2 Å². The van der Waals surface area contributed by atoms with E-state index in [1.165, 1.54) is 6.08 Å². The highest BCUT2D eigenvalue weighted by Gasteiger charge is 2.15. The van der Waals surface area contributed by atoms with Crippen molar-refractivity contribution < 1.29 is 14.3 Å². The van der Waals surface area contributed by atoms with E-state index in [0.717, 1.165) is 41.5 Å². The van der Waals surface area contributed by atoms with Crippen LogP contribution in [-0.2, 0) is 16.1 Å². The molecular formula is C19H22N2O3S. The van der Waals surface area contributed by atoms with Crippen molar-refractivity contribution in [1.82, 2.24) is 10.3 Å². The van der Waals surface area contributed by atoms with Gasteiger partial charge >= 0.3 is 0 Å². The molecule has 2 heterocycles. The van der Waals surface area contributed by atoms with Crippen molar-refractivity contribution in [3.8, 4) is 5.75 Å². The fourth-order valence-electron chi connectivity index (χ4n) is 2.62. The largest absolute Gasteiger partial charge is 0.487 e. The van der Waals surface area contributed by atoms with Crippen LogP contribution >= 0.6 is 11.3 Å². The molecular weight excluding hydrogens is 336 g/mol. The summed E-state index contributed by atoms with van der Waals surface area (Å²) in [7, 11) is 0. The van der Waals surface area contributed by atoms with E-state index in [1.54, 1.807) is 17.4 Å². The molecule has 3 rings (SSSR count). The van der Waals surface area contributed by atoms with Crippen LogP contribution in [0.15, 0.2) is 35.7 Å². The zero-order chi connectivity index (χ0) is 17.5. The molecule has 2 aromatic rings. The SMILES string of the molecule is Cc1nc(COc2ccccc2/C=C/C(=O)NCC2CCCO2)cs1. The predicted octanol–water partition coefficient (Wildman–Crippen LogP) is 3.34. The third-order valence-electron chi connectivity index (χ3n) is 3.90. The Labute approximate surface area is 151 Å². The normalized spacial score (nSPS) is 17.1. The van der Waals surface area contributed by atoms with Gasteiger partial charge in [-0.2, -0.15) is 0 Å². The van der Waals surface area contributed by atoms with E-state index in [4.69, 9.17) is 9.47 Å². The molecule has 1 unspecified atom stereocenters. The number of amides is 1. The Hall–Kier alpha value is -2.18. The first-order valence-corrected chi connectivity index (χ1v) is 9.29. The second kappa shape index (κ2) is 8.78. The van der Waals surface area contributed by atoms with Crippen molar-refractivity contribution in [2.24, 2.45) is 0 Å². The molecule has 0 spiro atoms. The summed E-state index contributed by atoms with van der Waals surface area (Å²) >= 11 is 1.61. The van der Waals surface area contributed by atoms with Gasteiger partial charge < -0.3 is 14.8 Å². The van der Waals surface area contributed by atoms with Crippen molar-refractivity contribution in [1.29, 1.82) is 0 Å². The summed E-state index contributed by atoms with van der Waals surface area (Å²) in [6, 6.07) is 7.65. The molecule has 1 aliphatic rings. The molecule has 0 aliphatic carbocycles. The minimum absolute atomic E-state index is 0.125. The molecule has 0 radical (unpaired) electrons. The van der Waals surface area contributed by atoms with Gasteiger partial charge in [0.2, 0.25) is 5.91 Å². The summed E-state index contributed by atoms with van der Waals surface area (Å²) < 4.78 is 11.3. The molecule has 1 saturated heterocycles. The molecule has 1 aromatic carbocycles. The molecule has 0 bridgehead atoms. The fraction of sp³-hybridized carbons (Fsp3) is 0.368. The van der Waals surface area contributed by atoms with Gasteiger partial charge in [-0.15, -0.1) is 11.3 Å². The van der Waals surface area contributed by atoms with Crippen molar-refractivity contribution >= 4 is 23.3 Å². The number of nitrogens with one attached hydrogen (secondary N) is 1. The molecule has 1 amide bonds. The van der Waals surface area contributed by atoms with Gasteiger partial charge in [-0.25, -0.2) is 4.98 Å². The maximum atomic E-state index is 12.0. The number of ether oxygens (including phenoxy) is 2. The summed E-state index contributed by atoms with van der Waals surface area (Å²) in [6.07, 6.45) is 5.53. The average Bonchev–Trinajstić information content (AvgIpc) is 3.28. The average molecular weight is 358 g/mol. The molecule has 25 heavy (non-hydrogen) atoms. The van der Waals surface area contributed by atoms with Crippen LogP contribution in [0.5, 0.6) is 5.75 Å². The van der Waals surface area contributed by atoms with E-state index >= 15 is 0 Å². The second-order valence-electron chi connectivity index (χ2n) is 5.90. The van der Waals surface area contributed by atoms with Gasteiger partial charge in [0.15, 0.2) is 0 Å². The molecule has 132 valence electrons. The molecule has 0 saturated carbocycles. The first-order valence-electron chi connectivity index (χ1n) is 8.41. The number of carbonyl (C=O) groups is 1. The van der Waals surface area contributed by atoms with E-state index in [1.807, 2.05) is 36.6 Å². The van der Waals surface area contributed by atoms with Crippen LogP contribution in [0.4, 0.5) is 0 Å². The minimum Gasteiger partial charge on any atom is -0.487 e. The topological polar surface area (TPSA) is 60.5 Å². The highest BCUT2D eigenvalue weighted by atomic mass is 32.1. The third kappa shape index (κ3) is 5.41. The van der Waals surface area contributed by atoms with E-state index in [-0.39, 0.29) is 12.0 Å². The molecule has 1 fully saturated rings. The predicted molar refractivity (Wildman–Crippen MR) is 98.6 cm³/mol. The Morgan fingerprint density at radius 1 is 1.48 bits per heavy atom. The molecule has 1 atom stereocenters. The first-order chi connectivity index (χ1) is 12.2. The minimum atomic E-state index is -0.125. The van der Waals surface area contributed by atoms with Gasteiger partial charge in [0.1, 0.15) is 12.4 Å². The summed E-state index contributed by atoms with van der Waals surface area (Å²) in [5.41, 5.74) is 1.78. The number of aryl methyl sites for hydroxylation is 1. The Morgan fingerprint density at radius 2 is 2.36 bits per heavy atom. The standard InChI is InChI=1S/C19H22N2O3S/c1-14-21-16(13-25-14)12-24-18-7-3-2-5-15(18)8-9-19(22)20-11-17-6-4-10-23-17/h2-3,5,7-9,13,17H,4,6,10-12H2,1H3,(H,20,22)/b9-8+. The number of rotatable bonds is 7. The maximum absolute atomic E-state index is 12.0. The lowest BCUT2D eigenvalue weighted by atomic mass is 10.2. The van der Waals surface area contributed by atoms with Crippen molar-refractivity contribution in [2.45, 2.75) is 32.5 Å². The van der Waals surface area contributed by atoms with Crippen LogP contribution in [0.2, 0.25) is 0 Å². The van der Waals surface area contributed by atoms with Crippen LogP contribution in [0.25, 0.3) is 6.08 Å². The number of aromatic nitrogens is 1. The van der Waals surface area contributed by atoms with Gasteiger partial charge in [0.05, 0.1) is 16.8 Å². The second-order valence-corrected chi connectivity index (χ2v) is 6.96. The highest BCUT2D eigenvalue weighted by Crippen LogP contribution is 2.21. The van der Waals surface area contributed by atoms with Crippen LogP contribution in [0.1, 0.15) is 29.1 Å². The van der Waals surface area contributed by atoms with Gasteiger partial charge in [-0.05, 0) is 31.9 Å². The van der Waals surface area contributed by atoms with E-state index < -0.39 is 0 Å². The quantitative estimate of drug-likeness (QED) is 0.771. The Kier molecular flexibility index (Phi) is 6.19. The number of para-hydroxylation sites is 1. The maximum Gasteiger partial charge on any atom is 0.244 e. The van der Waals surface area contributed by atoms with Crippen LogP contribution in [0.3, 0.4) is 0 Å². The fourth-order valence-corrected chi connectivity index (χ4v) is 3.22. The van der Waals surface area contributed by atoms with E-state index in [2.05, 4.69) is 10.3 Å². The summed E-state index contributed by atoms with van der Waals surface area (Å²) in [4.78, 5) is 16.4. The lowest BCUT2D eigenvalue weighted by molar-refractivity contribution is -0.116. The molecule has 5 nitrogen and oxygen atoms in total. The lowest BCUT2D eigenvalue weighted by Gasteiger charge is -2.09. The number of benzene rings is 1. The first kappa shape index (κ1) is 17.6. The number of thiazole rings is 1. The van der Waals surface area contributed by atoms with Crippen LogP contribution in [-0.4, -0.2) is 30.1 Å². The Bertz CT molecular complexity index is 736. The van der Waals surface area contributed by atoms with E-state index in [9.17, 15) is 4.79 Å². The number of carbonyl (C=O) groups excluding carboxylic acids is 1. The molecule has 6 heteroatoms. The van der Waals surface area contributed by atoms with Crippen LogP contribution in [0, 0.1) is 6.92 Å². The lowest BCUT2D eigenvalue weighted by Crippen LogP contribution is -2.30. The Balaban J connectivity index is 1.54. The number of hydrogen-bond acceptors (Lipinski definition) is 5. The Morgan fingerprint density at radius 3 is 3.12 bits per heavy atom. The van der Waals surface area contributed by atoms with E-state index in [0.29, 0.717) is 13.2 Å².